The van der Waals surface area contributed by atoms with Crippen LogP contribution in [0.15, 0.2) is 54.6 Å². The third-order valence-electron chi connectivity index (χ3n) is 3.99. The topological polar surface area (TPSA) is 110 Å². The van der Waals surface area contributed by atoms with Crippen LogP contribution in [-0.4, -0.2) is 21.8 Å². The summed E-state index contributed by atoms with van der Waals surface area (Å²) in [7, 11) is 0. The second-order valence-electron chi connectivity index (χ2n) is 6.44. The van der Waals surface area contributed by atoms with Crippen LogP contribution in [0.2, 0.25) is 0 Å². The number of carbonyl (C=O) groups is 2. The molecule has 0 spiro atoms. The number of aryl methyl sites for hydroxylation is 2. The average molecular weight is 375 g/mol. The molecule has 0 atom stereocenters. The largest absolute Gasteiger partial charge is 0.369 e. The number of carbonyl (C=O) groups excluding carboxylic acids is 2. The summed E-state index contributed by atoms with van der Waals surface area (Å²) in [6.45, 7) is 3.78. The first-order valence-corrected chi connectivity index (χ1v) is 8.77. The van der Waals surface area contributed by atoms with Crippen molar-refractivity contribution in [3.8, 4) is 0 Å². The highest BCUT2D eigenvalue weighted by Crippen LogP contribution is 2.21. The van der Waals surface area contributed by atoms with Crippen molar-refractivity contribution >= 4 is 29.1 Å². The first kappa shape index (κ1) is 19.0. The van der Waals surface area contributed by atoms with E-state index < -0.39 is 5.91 Å². The monoisotopic (exact) mass is 375 g/mol. The maximum absolute atomic E-state index is 12.8. The van der Waals surface area contributed by atoms with E-state index in [9.17, 15) is 9.59 Å². The predicted octanol–water partition coefficient (Wildman–Crippen LogP) is 3.12. The summed E-state index contributed by atoms with van der Waals surface area (Å²) in [5.41, 5.74) is 9.36. The average Bonchev–Trinajstić information content (AvgIpc) is 2.62. The molecule has 3 rings (SSSR count). The van der Waals surface area contributed by atoms with Gasteiger partial charge in [-0.25, -0.2) is 9.97 Å². The Hall–Kier alpha value is -3.74. The van der Waals surface area contributed by atoms with E-state index in [1.165, 1.54) is 0 Å². The Balaban J connectivity index is 1.78. The Bertz CT molecular complexity index is 995. The number of nitrogens with two attached hydrogens (primary N) is 1. The van der Waals surface area contributed by atoms with Crippen molar-refractivity contribution in [1.82, 2.24) is 9.97 Å². The molecular formula is C21H21N5O2. The van der Waals surface area contributed by atoms with E-state index in [4.69, 9.17) is 5.73 Å². The summed E-state index contributed by atoms with van der Waals surface area (Å²) in [6, 6.07) is 16.0. The minimum atomic E-state index is -0.398. The molecule has 28 heavy (non-hydrogen) atoms. The number of para-hydroxylation sites is 1. The summed E-state index contributed by atoms with van der Waals surface area (Å²) in [6.07, 6.45) is 0.164. The van der Waals surface area contributed by atoms with Gasteiger partial charge in [0.1, 0.15) is 0 Å². The zero-order valence-electron chi connectivity index (χ0n) is 15.7. The number of rotatable bonds is 6. The van der Waals surface area contributed by atoms with Gasteiger partial charge in [-0.15, -0.1) is 0 Å². The van der Waals surface area contributed by atoms with E-state index in [-0.39, 0.29) is 12.3 Å². The van der Waals surface area contributed by atoms with Gasteiger partial charge in [0.05, 0.1) is 17.7 Å². The fourth-order valence-electron chi connectivity index (χ4n) is 2.80. The molecule has 3 aromatic rings. The zero-order chi connectivity index (χ0) is 20.1. The SMILES string of the molecule is Cc1cc(C)nc(Nc2ccccc2C(=O)Nc2ccc(CC(N)=O)cc2)n1. The predicted molar refractivity (Wildman–Crippen MR) is 109 cm³/mol. The van der Waals surface area contributed by atoms with Gasteiger partial charge in [-0.2, -0.15) is 0 Å². The minimum absolute atomic E-state index is 0.164. The van der Waals surface area contributed by atoms with Crippen LogP contribution in [0.1, 0.15) is 27.3 Å². The summed E-state index contributed by atoms with van der Waals surface area (Å²) in [5, 5.41) is 5.97. The van der Waals surface area contributed by atoms with Crippen LogP contribution in [0.4, 0.5) is 17.3 Å². The van der Waals surface area contributed by atoms with Gasteiger partial charge in [0.15, 0.2) is 0 Å². The van der Waals surface area contributed by atoms with Crippen LogP contribution in [0.25, 0.3) is 0 Å². The summed E-state index contributed by atoms with van der Waals surface area (Å²) in [5.74, 6) is -0.228. The van der Waals surface area contributed by atoms with E-state index in [2.05, 4.69) is 20.6 Å². The molecule has 0 radical (unpaired) electrons. The number of amides is 2. The lowest BCUT2D eigenvalue weighted by atomic mass is 10.1. The van der Waals surface area contributed by atoms with Crippen LogP contribution in [-0.2, 0) is 11.2 Å². The van der Waals surface area contributed by atoms with E-state index in [1.807, 2.05) is 26.0 Å². The molecule has 1 aromatic heterocycles. The van der Waals surface area contributed by atoms with Crippen LogP contribution >= 0.6 is 0 Å². The Labute approximate surface area is 163 Å². The van der Waals surface area contributed by atoms with E-state index >= 15 is 0 Å². The fourth-order valence-corrected chi connectivity index (χ4v) is 2.80. The molecule has 0 saturated carbocycles. The Morgan fingerprint density at radius 3 is 2.25 bits per heavy atom. The zero-order valence-corrected chi connectivity index (χ0v) is 15.7. The fraction of sp³-hybridized carbons (Fsp3) is 0.143. The maximum atomic E-state index is 12.8. The standard InChI is InChI=1S/C21H21N5O2/c1-13-11-14(2)24-21(23-13)26-18-6-4-3-5-17(18)20(28)25-16-9-7-15(8-10-16)12-19(22)27/h3-11H,12H2,1-2H3,(H2,22,27)(H,25,28)(H,23,24,26). The molecule has 7 nitrogen and oxygen atoms in total. The first-order valence-electron chi connectivity index (χ1n) is 8.77. The lowest BCUT2D eigenvalue weighted by Crippen LogP contribution is -2.15. The van der Waals surface area contributed by atoms with Crippen molar-refractivity contribution in [3.63, 3.8) is 0 Å². The van der Waals surface area contributed by atoms with E-state index in [1.54, 1.807) is 42.5 Å². The van der Waals surface area contributed by atoms with Crippen LogP contribution < -0.4 is 16.4 Å². The van der Waals surface area contributed by atoms with Crippen molar-refractivity contribution in [1.29, 1.82) is 0 Å². The molecule has 142 valence electrons. The normalized spacial score (nSPS) is 10.4. The molecule has 0 fully saturated rings. The number of nitrogens with zero attached hydrogens (tertiary/aromatic N) is 2. The molecule has 0 unspecified atom stereocenters. The van der Waals surface area contributed by atoms with Gasteiger partial charge in [0.2, 0.25) is 11.9 Å². The number of aromatic nitrogens is 2. The van der Waals surface area contributed by atoms with Gasteiger partial charge in [0.25, 0.3) is 5.91 Å². The van der Waals surface area contributed by atoms with Crippen molar-refractivity contribution in [3.05, 3.63) is 77.1 Å². The molecular weight excluding hydrogens is 354 g/mol. The molecule has 0 saturated heterocycles. The summed E-state index contributed by atoms with van der Waals surface area (Å²) < 4.78 is 0. The van der Waals surface area contributed by atoms with E-state index in [0.717, 1.165) is 17.0 Å². The summed E-state index contributed by atoms with van der Waals surface area (Å²) >= 11 is 0. The van der Waals surface area contributed by atoms with Gasteiger partial charge in [0, 0.05) is 17.1 Å². The summed E-state index contributed by atoms with van der Waals surface area (Å²) in [4.78, 5) is 32.4. The highest BCUT2D eigenvalue weighted by Gasteiger charge is 2.13. The number of nitrogens with one attached hydrogen (secondary N) is 2. The number of primary amides is 1. The van der Waals surface area contributed by atoms with Gasteiger partial charge < -0.3 is 16.4 Å². The Kier molecular flexibility index (Phi) is 5.64. The van der Waals surface area contributed by atoms with Crippen molar-refractivity contribution in [2.24, 2.45) is 5.73 Å². The second kappa shape index (κ2) is 8.30. The number of hydrogen-bond acceptors (Lipinski definition) is 5. The number of anilines is 3. The lowest BCUT2D eigenvalue weighted by Gasteiger charge is -2.12. The van der Waals surface area contributed by atoms with Crippen LogP contribution in [0.5, 0.6) is 0 Å². The Morgan fingerprint density at radius 1 is 0.964 bits per heavy atom. The van der Waals surface area contributed by atoms with Crippen molar-refractivity contribution in [2.75, 3.05) is 10.6 Å². The van der Waals surface area contributed by atoms with Crippen LogP contribution in [0.3, 0.4) is 0 Å². The molecule has 4 N–H and O–H groups in total. The third-order valence-corrected chi connectivity index (χ3v) is 3.99. The Morgan fingerprint density at radius 2 is 1.61 bits per heavy atom. The van der Waals surface area contributed by atoms with Crippen LogP contribution in [0, 0.1) is 13.8 Å². The molecule has 0 aliphatic rings. The van der Waals surface area contributed by atoms with Gasteiger partial charge in [-0.05, 0) is 49.7 Å². The third kappa shape index (κ3) is 4.91. The van der Waals surface area contributed by atoms with Gasteiger partial charge in [-0.1, -0.05) is 24.3 Å². The molecule has 2 aromatic carbocycles. The molecule has 0 aliphatic carbocycles. The first-order chi connectivity index (χ1) is 13.4. The highest BCUT2D eigenvalue weighted by molar-refractivity contribution is 6.08. The van der Waals surface area contributed by atoms with Gasteiger partial charge >= 0.3 is 0 Å². The van der Waals surface area contributed by atoms with Gasteiger partial charge in [-0.3, -0.25) is 9.59 Å². The number of benzene rings is 2. The minimum Gasteiger partial charge on any atom is -0.369 e. The molecule has 0 bridgehead atoms. The van der Waals surface area contributed by atoms with Crippen molar-refractivity contribution < 1.29 is 9.59 Å². The quantitative estimate of drug-likeness (QED) is 0.613. The van der Waals surface area contributed by atoms with Crippen molar-refractivity contribution in [2.45, 2.75) is 20.3 Å². The molecule has 1 heterocycles. The highest BCUT2D eigenvalue weighted by atomic mass is 16.2. The second-order valence-corrected chi connectivity index (χ2v) is 6.44. The lowest BCUT2D eigenvalue weighted by molar-refractivity contribution is -0.117. The number of hydrogen-bond donors (Lipinski definition) is 3. The van der Waals surface area contributed by atoms with E-state index in [0.29, 0.717) is 22.9 Å². The maximum Gasteiger partial charge on any atom is 0.257 e. The molecule has 2 amide bonds. The molecule has 7 heteroatoms. The molecule has 0 aliphatic heterocycles. The smallest absolute Gasteiger partial charge is 0.257 e.